The molecule has 2 rings (SSSR count). The van der Waals surface area contributed by atoms with Gasteiger partial charge in [-0.25, -0.2) is 0 Å². The van der Waals surface area contributed by atoms with Gasteiger partial charge >= 0.3 is 6.61 Å². The number of likely N-dealkylation sites (tertiary alicyclic amines) is 1. The molecule has 7 heteroatoms. The van der Waals surface area contributed by atoms with Gasteiger partial charge in [0.1, 0.15) is 5.75 Å². The highest BCUT2D eigenvalue weighted by Crippen LogP contribution is 2.25. The number of alkyl halides is 2. The first-order valence-electron chi connectivity index (χ1n) is 7.59. The van der Waals surface area contributed by atoms with Gasteiger partial charge in [0.15, 0.2) is 0 Å². The molecular weight excluding hydrogens is 326 g/mol. The first-order chi connectivity index (χ1) is 10.6. The Morgan fingerprint density at radius 2 is 2.00 bits per heavy atom. The van der Waals surface area contributed by atoms with Crippen LogP contribution >= 0.6 is 12.4 Å². The van der Waals surface area contributed by atoms with E-state index in [0.29, 0.717) is 19.0 Å². The number of nitrogens with one attached hydrogen (secondary N) is 1. The Morgan fingerprint density at radius 1 is 1.35 bits per heavy atom. The maximum Gasteiger partial charge on any atom is 0.387 e. The zero-order valence-corrected chi connectivity index (χ0v) is 14.0. The van der Waals surface area contributed by atoms with E-state index in [1.807, 2.05) is 7.05 Å². The summed E-state index contributed by atoms with van der Waals surface area (Å²) >= 11 is 0. The summed E-state index contributed by atoms with van der Waals surface area (Å²) in [5.41, 5.74) is 0.205. The lowest BCUT2D eigenvalue weighted by molar-refractivity contribution is -0.0503. The maximum absolute atomic E-state index is 12.5. The van der Waals surface area contributed by atoms with Crippen LogP contribution in [0.2, 0.25) is 0 Å². The molecule has 0 spiro atoms. The Balaban J connectivity index is 0.00000264. The molecule has 0 radical (unpaired) electrons. The Bertz CT molecular complexity index is 495. The summed E-state index contributed by atoms with van der Waals surface area (Å²) in [7, 11) is 1.93. The van der Waals surface area contributed by atoms with Crippen LogP contribution in [-0.4, -0.2) is 44.1 Å². The van der Waals surface area contributed by atoms with Crippen LogP contribution in [-0.2, 0) is 0 Å². The average molecular weight is 349 g/mol. The first kappa shape index (κ1) is 19.6. The molecule has 1 aromatic carbocycles. The summed E-state index contributed by atoms with van der Waals surface area (Å²) in [4.78, 5) is 14.2. The summed E-state index contributed by atoms with van der Waals surface area (Å²) in [6, 6.07) is 6.18. The number of carbonyl (C=O) groups is 1. The third-order valence-electron chi connectivity index (χ3n) is 4.04. The summed E-state index contributed by atoms with van der Waals surface area (Å²) in [5, 5.41) is 3.13. The zero-order valence-electron chi connectivity index (χ0n) is 13.1. The average Bonchev–Trinajstić information content (AvgIpc) is 2.53. The third kappa shape index (κ3) is 5.62. The van der Waals surface area contributed by atoms with Gasteiger partial charge in [0.25, 0.3) is 5.91 Å². The molecular formula is C16H23ClF2N2O2. The summed E-state index contributed by atoms with van der Waals surface area (Å²) in [5.74, 6) is 0.326. The standard InChI is InChI=1S/C16H22F2N2O2.ClH/c1-19-9-6-12-7-10-20(11-8-12)15(21)13-4-2-3-5-14(13)22-16(17)18;/h2-5,12,16,19H,6-11H2,1H3;1H. The molecule has 1 saturated heterocycles. The Hall–Kier alpha value is -1.40. The van der Waals surface area contributed by atoms with Crippen LogP contribution in [0.15, 0.2) is 24.3 Å². The lowest BCUT2D eigenvalue weighted by Gasteiger charge is -2.32. The van der Waals surface area contributed by atoms with Crippen LogP contribution < -0.4 is 10.1 Å². The lowest BCUT2D eigenvalue weighted by Crippen LogP contribution is -2.39. The number of benzene rings is 1. The number of para-hydroxylation sites is 1. The number of rotatable bonds is 6. The SMILES string of the molecule is CNCCC1CCN(C(=O)c2ccccc2OC(F)F)CC1.Cl. The molecule has 1 amide bonds. The molecule has 0 unspecified atom stereocenters. The number of hydrogen-bond acceptors (Lipinski definition) is 3. The van der Waals surface area contributed by atoms with E-state index >= 15 is 0 Å². The quantitative estimate of drug-likeness (QED) is 0.858. The minimum atomic E-state index is -2.93. The molecule has 1 aliphatic heterocycles. The largest absolute Gasteiger partial charge is 0.434 e. The lowest BCUT2D eigenvalue weighted by atomic mass is 9.93. The summed E-state index contributed by atoms with van der Waals surface area (Å²) in [6.07, 6.45) is 3.00. The number of amides is 1. The van der Waals surface area contributed by atoms with Crippen molar-refractivity contribution in [1.82, 2.24) is 10.2 Å². The minimum Gasteiger partial charge on any atom is -0.434 e. The van der Waals surface area contributed by atoms with Crippen LogP contribution in [0.5, 0.6) is 5.75 Å². The van der Waals surface area contributed by atoms with E-state index in [1.54, 1.807) is 17.0 Å². The molecule has 0 atom stereocenters. The van der Waals surface area contributed by atoms with E-state index in [-0.39, 0.29) is 29.6 Å². The van der Waals surface area contributed by atoms with Crippen LogP contribution in [0.4, 0.5) is 8.78 Å². The van der Waals surface area contributed by atoms with Gasteiger partial charge in [0.2, 0.25) is 0 Å². The molecule has 0 bridgehead atoms. The smallest absolute Gasteiger partial charge is 0.387 e. The fourth-order valence-corrected chi connectivity index (χ4v) is 2.79. The molecule has 130 valence electrons. The van der Waals surface area contributed by atoms with Gasteiger partial charge in [0.05, 0.1) is 5.56 Å². The van der Waals surface area contributed by atoms with Crippen molar-refractivity contribution in [3.63, 3.8) is 0 Å². The number of piperidine rings is 1. The first-order valence-corrected chi connectivity index (χ1v) is 7.59. The second-order valence-corrected chi connectivity index (χ2v) is 5.50. The zero-order chi connectivity index (χ0) is 15.9. The number of hydrogen-bond donors (Lipinski definition) is 1. The molecule has 0 saturated carbocycles. The van der Waals surface area contributed by atoms with Crippen molar-refractivity contribution in [3.05, 3.63) is 29.8 Å². The van der Waals surface area contributed by atoms with Crippen LogP contribution in [0.1, 0.15) is 29.6 Å². The minimum absolute atomic E-state index is 0. The third-order valence-corrected chi connectivity index (χ3v) is 4.04. The fraction of sp³-hybridized carbons (Fsp3) is 0.562. The predicted octanol–water partition coefficient (Wildman–Crippen LogP) is 3.17. The topological polar surface area (TPSA) is 41.6 Å². The Kier molecular flexibility index (Phi) is 8.26. The van der Waals surface area contributed by atoms with Crippen LogP contribution in [0.3, 0.4) is 0 Å². The van der Waals surface area contributed by atoms with Crippen molar-refractivity contribution >= 4 is 18.3 Å². The van der Waals surface area contributed by atoms with Gasteiger partial charge in [-0.05, 0) is 50.9 Å². The van der Waals surface area contributed by atoms with Crippen LogP contribution in [0.25, 0.3) is 0 Å². The van der Waals surface area contributed by atoms with Gasteiger partial charge in [-0.3, -0.25) is 4.79 Å². The van der Waals surface area contributed by atoms with E-state index in [0.717, 1.165) is 25.8 Å². The number of carbonyl (C=O) groups excluding carboxylic acids is 1. The van der Waals surface area contributed by atoms with Crippen molar-refractivity contribution in [3.8, 4) is 5.75 Å². The second kappa shape index (κ2) is 9.67. The molecule has 1 heterocycles. The van der Waals surface area contributed by atoms with E-state index in [9.17, 15) is 13.6 Å². The molecule has 1 aromatic rings. The van der Waals surface area contributed by atoms with E-state index in [4.69, 9.17) is 0 Å². The monoisotopic (exact) mass is 348 g/mol. The summed E-state index contributed by atoms with van der Waals surface area (Å²) in [6.45, 7) is -0.628. The highest BCUT2D eigenvalue weighted by atomic mass is 35.5. The van der Waals surface area contributed by atoms with E-state index in [2.05, 4.69) is 10.1 Å². The van der Waals surface area contributed by atoms with Crippen molar-refractivity contribution in [1.29, 1.82) is 0 Å². The van der Waals surface area contributed by atoms with Gasteiger partial charge in [-0.1, -0.05) is 12.1 Å². The molecule has 0 aromatic heterocycles. The highest BCUT2D eigenvalue weighted by Gasteiger charge is 2.25. The number of nitrogens with zero attached hydrogens (tertiary/aromatic N) is 1. The molecule has 23 heavy (non-hydrogen) atoms. The normalized spacial score (nSPS) is 15.4. The predicted molar refractivity (Wildman–Crippen MR) is 87.5 cm³/mol. The van der Waals surface area contributed by atoms with Gasteiger partial charge < -0.3 is 15.0 Å². The molecule has 4 nitrogen and oxygen atoms in total. The Labute approximate surface area is 141 Å². The summed E-state index contributed by atoms with van der Waals surface area (Å²) < 4.78 is 29.3. The molecule has 1 aliphatic rings. The number of halogens is 3. The van der Waals surface area contributed by atoms with Crippen molar-refractivity contribution in [2.75, 3.05) is 26.7 Å². The molecule has 0 aliphatic carbocycles. The van der Waals surface area contributed by atoms with Crippen molar-refractivity contribution < 1.29 is 18.3 Å². The van der Waals surface area contributed by atoms with E-state index in [1.165, 1.54) is 12.1 Å². The van der Waals surface area contributed by atoms with Gasteiger partial charge in [0, 0.05) is 13.1 Å². The maximum atomic E-state index is 12.5. The molecule has 1 fully saturated rings. The van der Waals surface area contributed by atoms with Crippen molar-refractivity contribution in [2.24, 2.45) is 5.92 Å². The molecule has 1 N–H and O–H groups in total. The fourth-order valence-electron chi connectivity index (χ4n) is 2.79. The number of ether oxygens (including phenoxy) is 1. The van der Waals surface area contributed by atoms with Gasteiger partial charge in [-0.2, -0.15) is 8.78 Å². The van der Waals surface area contributed by atoms with E-state index < -0.39 is 6.61 Å². The second-order valence-electron chi connectivity index (χ2n) is 5.50. The Morgan fingerprint density at radius 3 is 2.61 bits per heavy atom. The van der Waals surface area contributed by atoms with Gasteiger partial charge in [-0.15, -0.1) is 12.4 Å². The van der Waals surface area contributed by atoms with Crippen LogP contribution in [0, 0.1) is 5.92 Å². The highest BCUT2D eigenvalue weighted by molar-refractivity contribution is 5.97. The van der Waals surface area contributed by atoms with Crippen molar-refractivity contribution in [2.45, 2.75) is 25.9 Å².